The molecule has 1 aliphatic heterocycles. The van der Waals surface area contributed by atoms with Crippen LogP contribution in [0.2, 0.25) is 5.02 Å². The summed E-state index contributed by atoms with van der Waals surface area (Å²) in [7, 11) is 4.39. The summed E-state index contributed by atoms with van der Waals surface area (Å²) in [6.45, 7) is 2.99. The summed E-state index contributed by atoms with van der Waals surface area (Å²) in [4.78, 5) is 4.83. The van der Waals surface area contributed by atoms with E-state index in [-0.39, 0.29) is 6.04 Å². The smallest absolute Gasteiger partial charge is 0.0470 e. The molecule has 0 saturated carbocycles. The van der Waals surface area contributed by atoms with Crippen LogP contribution in [0.25, 0.3) is 0 Å². The maximum absolute atomic E-state index is 5.99. The number of nitrogens with two attached hydrogens (primary N) is 1. The van der Waals surface area contributed by atoms with Crippen LogP contribution in [0, 0.1) is 0 Å². The van der Waals surface area contributed by atoms with E-state index < -0.39 is 0 Å². The molecule has 0 radical (unpaired) electrons. The van der Waals surface area contributed by atoms with E-state index >= 15 is 0 Å². The lowest BCUT2D eigenvalue weighted by Gasteiger charge is -2.39. The maximum atomic E-state index is 5.99. The highest BCUT2D eigenvalue weighted by Crippen LogP contribution is 2.26. The first-order valence-electron chi connectivity index (χ1n) is 6.98. The molecule has 3 nitrogen and oxygen atoms in total. The Morgan fingerprint density at radius 1 is 1.32 bits per heavy atom. The third kappa shape index (κ3) is 3.69. The molecular weight excluding hydrogens is 258 g/mol. The zero-order chi connectivity index (χ0) is 13.8. The summed E-state index contributed by atoms with van der Waals surface area (Å²) in [6, 6.07) is 8.98. The van der Waals surface area contributed by atoms with Gasteiger partial charge in [-0.1, -0.05) is 23.7 Å². The van der Waals surface area contributed by atoms with Crippen molar-refractivity contribution in [1.82, 2.24) is 9.80 Å². The molecule has 1 aliphatic rings. The molecule has 0 aliphatic carbocycles. The van der Waals surface area contributed by atoms with Crippen molar-refractivity contribution in [1.29, 1.82) is 0 Å². The Morgan fingerprint density at radius 2 is 1.89 bits per heavy atom. The number of hydrogen-bond donors (Lipinski definition) is 1. The molecule has 0 amide bonds. The van der Waals surface area contributed by atoms with E-state index in [1.165, 1.54) is 31.5 Å². The molecule has 2 rings (SSSR count). The molecule has 2 N–H and O–H groups in total. The summed E-state index contributed by atoms with van der Waals surface area (Å²) in [5.41, 5.74) is 7.25. The highest BCUT2D eigenvalue weighted by molar-refractivity contribution is 6.30. The number of rotatable bonds is 4. The van der Waals surface area contributed by atoms with Crippen LogP contribution in [0.5, 0.6) is 0 Å². The van der Waals surface area contributed by atoms with Crippen molar-refractivity contribution < 1.29 is 0 Å². The molecule has 4 heteroatoms. The minimum absolute atomic E-state index is 0.283. The normalized spacial score (nSPS) is 19.8. The average molecular weight is 282 g/mol. The second-order valence-electron chi connectivity index (χ2n) is 5.50. The topological polar surface area (TPSA) is 32.5 Å². The van der Waals surface area contributed by atoms with Crippen molar-refractivity contribution in [2.45, 2.75) is 24.9 Å². The lowest BCUT2D eigenvalue weighted by atomic mass is 9.99. The molecule has 1 heterocycles. The molecule has 1 saturated heterocycles. The van der Waals surface area contributed by atoms with Gasteiger partial charge >= 0.3 is 0 Å². The van der Waals surface area contributed by atoms with Crippen molar-refractivity contribution in [3.63, 3.8) is 0 Å². The summed E-state index contributed by atoms with van der Waals surface area (Å²) in [5.74, 6) is 0. The number of nitrogens with zero attached hydrogens (tertiary/aromatic N) is 2. The summed E-state index contributed by atoms with van der Waals surface area (Å²) in [6.07, 6.45) is 2.44. The Bertz CT molecular complexity index is 385. The first kappa shape index (κ1) is 14.8. The average Bonchev–Trinajstić information content (AvgIpc) is 2.42. The van der Waals surface area contributed by atoms with E-state index in [1.54, 1.807) is 0 Å². The minimum atomic E-state index is 0.283. The Balaban J connectivity index is 2.06. The second kappa shape index (κ2) is 6.71. The van der Waals surface area contributed by atoms with Gasteiger partial charge in [-0.3, -0.25) is 4.90 Å². The van der Waals surface area contributed by atoms with Gasteiger partial charge in [-0.05, 0) is 57.7 Å². The van der Waals surface area contributed by atoms with Crippen molar-refractivity contribution in [2.75, 3.05) is 33.7 Å². The molecule has 0 spiro atoms. The predicted octanol–water partition coefficient (Wildman–Crippen LogP) is 2.37. The van der Waals surface area contributed by atoms with Crippen LogP contribution in [0.15, 0.2) is 24.3 Å². The van der Waals surface area contributed by atoms with E-state index in [2.05, 4.69) is 36.0 Å². The molecule has 1 aromatic rings. The predicted molar refractivity (Wildman–Crippen MR) is 81.5 cm³/mol. The third-order valence-corrected chi connectivity index (χ3v) is 4.49. The van der Waals surface area contributed by atoms with Crippen LogP contribution in [-0.4, -0.2) is 49.6 Å². The van der Waals surface area contributed by atoms with Gasteiger partial charge in [0.15, 0.2) is 0 Å². The summed E-state index contributed by atoms with van der Waals surface area (Å²) >= 11 is 5.95. The van der Waals surface area contributed by atoms with Crippen molar-refractivity contribution in [2.24, 2.45) is 5.73 Å². The molecule has 1 aromatic carbocycles. The SMILES string of the molecule is CN1CCC(N(C)C(CN)c2ccc(Cl)cc2)CC1. The number of likely N-dealkylation sites (tertiary alicyclic amines) is 1. The highest BCUT2D eigenvalue weighted by Gasteiger charge is 2.26. The molecule has 1 unspecified atom stereocenters. The molecule has 106 valence electrons. The van der Waals surface area contributed by atoms with Gasteiger partial charge in [0.25, 0.3) is 0 Å². The summed E-state index contributed by atoms with van der Waals surface area (Å²) < 4.78 is 0. The Labute approximate surface area is 121 Å². The van der Waals surface area contributed by atoms with Gasteiger partial charge in [0.05, 0.1) is 0 Å². The first-order valence-corrected chi connectivity index (χ1v) is 7.35. The van der Waals surface area contributed by atoms with Gasteiger partial charge in [-0.2, -0.15) is 0 Å². The van der Waals surface area contributed by atoms with Crippen LogP contribution >= 0.6 is 11.6 Å². The fourth-order valence-corrected chi connectivity index (χ4v) is 3.01. The first-order chi connectivity index (χ1) is 9.11. The van der Waals surface area contributed by atoms with E-state index in [9.17, 15) is 0 Å². The monoisotopic (exact) mass is 281 g/mol. The quantitative estimate of drug-likeness (QED) is 0.920. The number of benzene rings is 1. The lowest BCUT2D eigenvalue weighted by Crippen LogP contribution is -2.45. The number of hydrogen-bond acceptors (Lipinski definition) is 3. The Kier molecular flexibility index (Phi) is 5.22. The molecule has 19 heavy (non-hydrogen) atoms. The van der Waals surface area contributed by atoms with E-state index in [0.717, 1.165) is 5.02 Å². The van der Waals surface area contributed by atoms with E-state index in [0.29, 0.717) is 12.6 Å². The lowest BCUT2D eigenvalue weighted by molar-refractivity contribution is 0.109. The largest absolute Gasteiger partial charge is 0.329 e. The molecule has 1 fully saturated rings. The molecule has 1 atom stereocenters. The molecule has 0 bridgehead atoms. The number of halogens is 1. The van der Waals surface area contributed by atoms with Crippen molar-refractivity contribution in [3.05, 3.63) is 34.9 Å². The van der Waals surface area contributed by atoms with E-state index in [1.807, 2.05) is 12.1 Å². The number of likely N-dealkylation sites (N-methyl/N-ethyl adjacent to an activating group) is 1. The van der Waals surface area contributed by atoms with Gasteiger partial charge in [0.1, 0.15) is 0 Å². The van der Waals surface area contributed by atoms with Gasteiger partial charge in [0, 0.05) is 23.7 Å². The van der Waals surface area contributed by atoms with E-state index in [4.69, 9.17) is 17.3 Å². The molecular formula is C15H24ClN3. The van der Waals surface area contributed by atoms with Gasteiger partial charge in [-0.15, -0.1) is 0 Å². The van der Waals surface area contributed by atoms with Crippen LogP contribution in [-0.2, 0) is 0 Å². The maximum Gasteiger partial charge on any atom is 0.0470 e. The Morgan fingerprint density at radius 3 is 2.42 bits per heavy atom. The molecule has 0 aromatic heterocycles. The summed E-state index contributed by atoms with van der Waals surface area (Å²) in [5, 5.41) is 0.779. The standard InChI is InChI=1S/C15H24ClN3/c1-18-9-7-14(8-10-18)19(2)15(11-17)12-3-5-13(16)6-4-12/h3-6,14-15H,7-11,17H2,1-2H3. The zero-order valence-electron chi connectivity index (χ0n) is 11.8. The van der Waals surface area contributed by atoms with Crippen molar-refractivity contribution >= 4 is 11.6 Å². The minimum Gasteiger partial charge on any atom is -0.329 e. The van der Waals surface area contributed by atoms with Crippen LogP contribution in [0.3, 0.4) is 0 Å². The fourth-order valence-electron chi connectivity index (χ4n) is 2.88. The third-order valence-electron chi connectivity index (χ3n) is 4.23. The van der Waals surface area contributed by atoms with Gasteiger partial charge < -0.3 is 10.6 Å². The zero-order valence-corrected chi connectivity index (χ0v) is 12.6. The van der Waals surface area contributed by atoms with Crippen LogP contribution < -0.4 is 5.73 Å². The van der Waals surface area contributed by atoms with Crippen LogP contribution in [0.1, 0.15) is 24.4 Å². The fraction of sp³-hybridized carbons (Fsp3) is 0.600. The number of piperidine rings is 1. The van der Waals surface area contributed by atoms with Crippen molar-refractivity contribution in [3.8, 4) is 0 Å². The Hall–Kier alpha value is -0.610. The highest BCUT2D eigenvalue weighted by atomic mass is 35.5. The second-order valence-corrected chi connectivity index (χ2v) is 5.94. The van der Waals surface area contributed by atoms with Crippen LogP contribution in [0.4, 0.5) is 0 Å². The van der Waals surface area contributed by atoms with Gasteiger partial charge in [0.2, 0.25) is 0 Å². The van der Waals surface area contributed by atoms with Gasteiger partial charge in [-0.25, -0.2) is 0 Å².